The van der Waals surface area contributed by atoms with Gasteiger partial charge in [0, 0.05) is 31.9 Å². The highest BCUT2D eigenvalue weighted by Crippen LogP contribution is 2.33. The number of fused-ring (bicyclic) bond motifs is 1. The molecule has 0 unspecified atom stereocenters. The van der Waals surface area contributed by atoms with Crippen LogP contribution in [0.3, 0.4) is 0 Å². The second kappa shape index (κ2) is 9.78. The van der Waals surface area contributed by atoms with E-state index >= 15 is 0 Å². The molecular weight excluding hydrogens is 504 g/mol. The van der Waals surface area contributed by atoms with Crippen LogP contribution in [0.5, 0.6) is 0 Å². The molecule has 2 saturated heterocycles. The first-order valence-electron chi connectivity index (χ1n) is 11.1. The maximum absolute atomic E-state index is 13.3. The molecule has 0 aliphatic carbocycles. The number of amides is 6. The Kier molecular flexibility index (Phi) is 6.54. The second-order valence-corrected chi connectivity index (χ2v) is 10.1. The minimum absolute atomic E-state index is 0.0765. The van der Waals surface area contributed by atoms with Crippen molar-refractivity contribution >= 4 is 63.3 Å². The Morgan fingerprint density at radius 2 is 1.33 bits per heavy atom. The molecule has 2 aromatic rings. The number of hydrogen-bond acceptors (Lipinski definition) is 9. The second-order valence-electron chi connectivity index (χ2n) is 8.16. The Hall–Kier alpha value is -3.64. The standard InChI is InChI=1S/C24H20N4O6S2/c29-18-14-35-23(33)26(18)11-10-25(15-6-2-1-3-7-15)22-21(32)28(24(34)36-22)13-12-27-19(30)16-8-4-5-9-17(16)20(27)31/h1-9,22H,10-14H2/t22-/m0/s1. The number of benzene rings is 2. The van der Waals surface area contributed by atoms with Gasteiger partial charge in [-0.1, -0.05) is 42.1 Å². The third-order valence-corrected chi connectivity index (χ3v) is 8.07. The van der Waals surface area contributed by atoms with Gasteiger partial charge in [-0.3, -0.25) is 43.5 Å². The van der Waals surface area contributed by atoms with E-state index < -0.39 is 28.3 Å². The number of thioether (sulfide) groups is 2. The minimum Gasteiger partial charge on any atom is -0.349 e. The van der Waals surface area contributed by atoms with Crippen molar-refractivity contribution in [1.82, 2.24) is 14.7 Å². The van der Waals surface area contributed by atoms with Crippen LogP contribution in [0.1, 0.15) is 20.7 Å². The van der Waals surface area contributed by atoms with Gasteiger partial charge in [0.1, 0.15) is 0 Å². The van der Waals surface area contributed by atoms with Gasteiger partial charge in [-0.05, 0) is 36.0 Å². The molecule has 3 aliphatic rings. The Morgan fingerprint density at radius 1 is 0.722 bits per heavy atom. The fourth-order valence-corrected chi connectivity index (χ4v) is 6.11. The number of anilines is 1. The summed E-state index contributed by atoms with van der Waals surface area (Å²) in [6.45, 7) is -0.0103. The van der Waals surface area contributed by atoms with Crippen LogP contribution < -0.4 is 4.90 Å². The molecular formula is C24H20N4O6S2. The van der Waals surface area contributed by atoms with Gasteiger partial charge in [-0.25, -0.2) is 0 Å². The van der Waals surface area contributed by atoms with Crippen molar-refractivity contribution in [3.8, 4) is 0 Å². The first-order chi connectivity index (χ1) is 17.4. The van der Waals surface area contributed by atoms with E-state index in [1.54, 1.807) is 53.4 Å². The number of rotatable bonds is 8. The van der Waals surface area contributed by atoms with E-state index in [2.05, 4.69) is 0 Å². The Morgan fingerprint density at radius 3 is 1.94 bits per heavy atom. The lowest BCUT2D eigenvalue weighted by Crippen LogP contribution is -2.47. The molecule has 1 atom stereocenters. The van der Waals surface area contributed by atoms with Gasteiger partial charge >= 0.3 is 0 Å². The minimum atomic E-state index is -0.914. The van der Waals surface area contributed by atoms with E-state index in [4.69, 9.17) is 0 Å². The highest BCUT2D eigenvalue weighted by atomic mass is 32.2. The fraction of sp³-hybridized carbons (Fsp3) is 0.250. The molecule has 0 radical (unpaired) electrons. The molecule has 0 N–H and O–H groups in total. The Balaban J connectivity index is 1.30. The van der Waals surface area contributed by atoms with Crippen molar-refractivity contribution in [1.29, 1.82) is 0 Å². The molecule has 2 fully saturated rings. The van der Waals surface area contributed by atoms with Crippen molar-refractivity contribution in [2.75, 3.05) is 36.8 Å². The number of hydrogen-bond donors (Lipinski definition) is 0. The van der Waals surface area contributed by atoms with Crippen LogP contribution in [0.15, 0.2) is 54.6 Å². The Labute approximate surface area is 214 Å². The first-order valence-corrected chi connectivity index (χ1v) is 13.0. The van der Waals surface area contributed by atoms with Crippen LogP contribution in [0, 0.1) is 0 Å². The molecule has 2 aromatic carbocycles. The molecule has 12 heteroatoms. The maximum atomic E-state index is 13.3. The predicted molar refractivity (Wildman–Crippen MR) is 134 cm³/mol. The molecule has 3 heterocycles. The SMILES string of the molecule is O=C1CSC(=O)N1CCN(c1ccccc1)[C@H]1SC(=O)N(CCN2C(=O)c3ccccc3C2=O)C1=O. The summed E-state index contributed by atoms with van der Waals surface area (Å²) in [6.07, 6.45) is 0. The molecule has 184 valence electrons. The maximum Gasteiger partial charge on any atom is 0.290 e. The average Bonchev–Trinajstić information content (AvgIpc) is 3.45. The average molecular weight is 525 g/mol. The Bertz CT molecular complexity index is 1240. The van der Waals surface area contributed by atoms with Gasteiger partial charge in [0.05, 0.1) is 16.9 Å². The summed E-state index contributed by atoms with van der Waals surface area (Å²) >= 11 is 1.76. The summed E-state index contributed by atoms with van der Waals surface area (Å²) in [7, 11) is 0. The van der Waals surface area contributed by atoms with Crippen molar-refractivity contribution < 1.29 is 28.8 Å². The molecule has 0 spiro atoms. The smallest absolute Gasteiger partial charge is 0.290 e. The normalized spacial score (nSPS) is 19.7. The van der Waals surface area contributed by atoms with Gasteiger partial charge in [-0.15, -0.1) is 0 Å². The monoisotopic (exact) mass is 524 g/mol. The van der Waals surface area contributed by atoms with E-state index in [0.717, 1.165) is 38.2 Å². The molecule has 3 aliphatic heterocycles. The summed E-state index contributed by atoms with van der Waals surface area (Å²) in [5.74, 6) is -1.60. The number of para-hydroxylation sites is 1. The highest BCUT2D eigenvalue weighted by Gasteiger charge is 2.44. The largest absolute Gasteiger partial charge is 0.349 e. The van der Waals surface area contributed by atoms with Crippen LogP contribution >= 0.6 is 23.5 Å². The summed E-state index contributed by atoms with van der Waals surface area (Å²) in [6, 6.07) is 15.4. The van der Waals surface area contributed by atoms with Crippen LogP contribution in [0.2, 0.25) is 0 Å². The quantitative estimate of drug-likeness (QED) is 0.480. The molecule has 10 nitrogen and oxygen atoms in total. The number of nitrogens with zero attached hydrogens (tertiary/aromatic N) is 4. The molecule has 6 amide bonds. The number of imide groups is 3. The molecule has 0 aromatic heterocycles. The van der Waals surface area contributed by atoms with E-state index in [1.807, 2.05) is 6.07 Å². The van der Waals surface area contributed by atoms with Crippen LogP contribution in [-0.4, -0.2) is 86.1 Å². The van der Waals surface area contributed by atoms with Gasteiger partial charge < -0.3 is 4.90 Å². The molecule has 36 heavy (non-hydrogen) atoms. The van der Waals surface area contributed by atoms with Crippen LogP contribution in [0.4, 0.5) is 15.3 Å². The fourth-order valence-electron chi connectivity index (χ4n) is 4.28. The van der Waals surface area contributed by atoms with Gasteiger partial charge in [-0.2, -0.15) is 0 Å². The summed E-state index contributed by atoms with van der Waals surface area (Å²) in [5.41, 5.74) is 1.26. The van der Waals surface area contributed by atoms with Crippen LogP contribution in [0.25, 0.3) is 0 Å². The summed E-state index contributed by atoms with van der Waals surface area (Å²) in [4.78, 5) is 80.4. The lowest BCUT2D eigenvalue weighted by atomic mass is 10.1. The van der Waals surface area contributed by atoms with Crippen molar-refractivity contribution in [2.24, 2.45) is 0 Å². The topological polar surface area (TPSA) is 115 Å². The molecule has 5 rings (SSSR count). The van der Waals surface area contributed by atoms with E-state index in [0.29, 0.717) is 16.8 Å². The lowest BCUT2D eigenvalue weighted by Gasteiger charge is -2.30. The van der Waals surface area contributed by atoms with E-state index in [9.17, 15) is 28.8 Å². The third-order valence-electron chi connectivity index (χ3n) is 6.11. The zero-order valence-corrected chi connectivity index (χ0v) is 20.5. The number of carbonyl (C=O) groups is 6. The zero-order chi connectivity index (χ0) is 25.4. The van der Waals surface area contributed by atoms with E-state index in [1.165, 1.54) is 0 Å². The van der Waals surface area contributed by atoms with Crippen LogP contribution in [-0.2, 0) is 9.59 Å². The van der Waals surface area contributed by atoms with Crippen molar-refractivity contribution in [3.05, 3.63) is 65.7 Å². The molecule has 0 saturated carbocycles. The van der Waals surface area contributed by atoms with Gasteiger partial charge in [0.2, 0.25) is 5.91 Å². The third kappa shape index (κ3) is 4.26. The summed E-state index contributed by atoms with van der Waals surface area (Å²) < 4.78 is 0. The highest BCUT2D eigenvalue weighted by molar-refractivity contribution is 8.15. The van der Waals surface area contributed by atoms with Crippen molar-refractivity contribution in [2.45, 2.75) is 5.37 Å². The zero-order valence-electron chi connectivity index (χ0n) is 18.9. The summed E-state index contributed by atoms with van der Waals surface area (Å²) in [5, 5.41) is -1.74. The number of carbonyl (C=O) groups excluding carboxylic acids is 6. The van der Waals surface area contributed by atoms with Gasteiger partial charge in [0.15, 0.2) is 5.37 Å². The van der Waals surface area contributed by atoms with E-state index in [-0.39, 0.29) is 43.1 Å². The molecule has 0 bridgehead atoms. The van der Waals surface area contributed by atoms with Crippen molar-refractivity contribution in [3.63, 3.8) is 0 Å². The first kappa shape index (κ1) is 24.1. The predicted octanol–water partition coefficient (Wildman–Crippen LogP) is 2.51. The van der Waals surface area contributed by atoms with Gasteiger partial charge in [0.25, 0.3) is 28.2 Å². The lowest BCUT2D eigenvalue weighted by molar-refractivity contribution is -0.126.